The van der Waals surface area contributed by atoms with Gasteiger partial charge >= 0.3 is 18.5 Å². The minimum Gasteiger partial charge on any atom is -0.326 e. The van der Waals surface area contributed by atoms with Crippen molar-refractivity contribution in [3.05, 3.63) is 63.4 Å². The number of aliphatic imine (C=N–C) groups is 1. The summed E-state index contributed by atoms with van der Waals surface area (Å²) in [4.78, 5) is 6.24. The largest absolute Gasteiger partial charge is 0.433 e. The maximum Gasteiger partial charge on any atom is 0.433 e. The molecular formula is C19H13ClF9N3. The van der Waals surface area contributed by atoms with Crippen LogP contribution in [0, 0.1) is 0 Å². The molecule has 0 aliphatic carbocycles. The first-order valence-electron chi connectivity index (χ1n) is 8.85. The van der Waals surface area contributed by atoms with Gasteiger partial charge in [-0.05, 0) is 41.3 Å². The molecule has 0 saturated heterocycles. The standard InChI is InChI=1S/C19H13ClF9N3/c20-12-3-9(1-2-10(12)7-30)13-6-16(8-31-13,19(27,28)29)11-4-14(17(21,22)23)32-15(5-11)18(24,25)26/h1-5,8,13H,6-7,30H2. The van der Waals surface area contributed by atoms with Crippen LogP contribution < -0.4 is 5.73 Å². The third-order valence-corrected chi connectivity index (χ3v) is 5.45. The summed E-state index contributed by atoms with van der Waals surface area (Å²) in [5.74, 6) is 0. The molecule has 0 saturated carbocycles. The number of nitrogens with zero attached hydrogens (tertiary/aromatic N) is 2. The Labute approximate surface area is 180 Å². The van der Waals surface area contributed by atoms with Gasteiger partial charge in [-0.3, -0.25) is 4.99 Å². The average Bonchev–Trinajstić information content (AvgIpc) is 3.13. The highest BCUT2D eigenvalue weighted by molar-refractivity contribution is 6.31. The molecule has 0 radical (unpaired) electrons. The van der Waals surface area contributed by atoms with Crippen LogP contribution in [0.4, 0.5) is 39.5 Å². The summed E-state index contributed by atoms with van der Waals surface area (Å²) in [6.07, 6.45) is -16.7. The number of alkyl halides is 9. The van der Waals surface area contributed by atoms with E-state index >= 15 is 0 Å². The fourth-order valence-corrected chi connectivity index (χ4v) is 3.66. The van der Waals surface area contributed by atoms with E-state index in [4.69, 9.17) is 17.3 Å². The molecule has 2 atom stereocenters. The Morgan fingerprint density at radius 2 is 1.50 bits per heavy atom. The first-order valence-corrected chi connectivity index (χ1v) is 9.23. The maximum atomic E-state index is 14.1. The molecule has 0 amide bonds. The van der Waals surface area contributed by atoms with Crippen LogP contribution in [0.5, 0.6) is 0 Å². The molecule has 174 valence electrons. The van der Waals surface area contributed by atoms with Crippen LogP contribution in [0.1, 0.15) is 40.5 Å². The van der Waals surface area contributed by atoms with Crippen molar-refractivity contribution in [1.29, 1.82) is 0 Å². The lowest BCUT2D eigenvalue weighted by Gasteiger charge is -2.31. The van der Waals surface area contributed by atoms with E-state index in [2.05, 4.69) is 9.98 Å². The number of hydrogen-bond donors (Lipinski definition) is 1. The monoisotopic (exact) mass is 489 g/mol. The molecule has 2 aromatic rings. The Balaban J connectivity index is 2.15. The summed E-state index contributed by atoms with van der Waals surface area (Å²) in [5.41, 5.74) is -2.44. The van der Waals surface area contributed by atoms with Gasteiger partial charge in [-0.15, -0.1) is 0 Å². The van der Waals surface area contributed by atoms with Crippen molar-refractivity contribution in [3.63, 3.8) is 0 Å². The summed E-state index contributed by atoms with van der Waals surface area (Å²) < 4.78 is 121. The Hall–Kier alpha value is -2.34. The molecule has 1 aromatic carbocycles. The van der Waals surface area contributed by atoms with E-state index in [0.717, 1.165) is 0 Å². The lowest BCUT2D eigenvalue weighted by Crippen LogP contribution is -2.43. The number of benzene rings is 1. The van der Waals surface area contributed by atoms with Gasteiger partial charge < -0.3 is 5.73 Å². The van der Waals surface area contributed by atoms with Crippen molar-refractivity contribution >= 4 is 17.8 Å². The van der Waals surface area contributed by atoms with Gasteiger partial charge in [0.25, 0.3) is 0 Å². The SMILES string of the molecule is NCc1ccc(C2CC(c3cc(C(F)(F)F)nc(C(F)(F)F)c3)(C(F)(F)F)C=N2)cc1Cl. The Kier molecular flexibility index (Phi) is 6.01. The van der Waals surface area contributed by atoms with Gasteiger partial charge in [-0.1, -0.05) is 23.7 Å². The van der Waals surface area contributed by atoms with Gasteiger partial charge in [0.1, 0.15) is 16.8 Å². The summed E-state index contributed by atoms with van der Waals surface area (Å²) in [7, 11) is 0. The lowest BCUT2D eigenvalue weighted by atomic mass is 9.76. The van der Waals surface area contributed by atoms with Crippen LogP contribution in [0.2, 0.25) is 5.02 Å². The summed E-state index contributed by atoms with van der Waals surface area (Å²) in [6.45, 7) is 0.0526. The highest BCUT2D eigenvalue weighted by atomic mass is 35.5. The van der Waals surface area contributed by atoms with Gasteiger partial charge in [0.05, 0.1) is 6.04 Å². The third-order valence-electron chi connectivity index (χ3n) is 5.10. The number of halogens is 10. The summed E-state index contributed by atoms with van der Waals surface area (Å²) in [5, 5.41) is 0.146. The van der Waals surface area contributed by atoms with Crippen LogP contribution in [0.3, 0.4) is 0 Å². The average molecular weight is 490 g/mol. The number of rotatable bonds is 3. The molecule has 13 heteroatoms. The first kappa shape index (κ1) is 24.3. The fraction of sp³-hybridized carbons (Fsp3) is 0.368. The number of aromatic nitrogens is 1. The van der Waals surface area contributed by atoms with Crippen LogP contribution in [-0.4, -0.2) is 17.4 Å². The first-order chi connectivity index (χ1) is 14.6. The van der Waals surface area contributed by atoms with Crippen molar-refractivity contribution in [2.45, 2.75) is 43.0 Å². The molecule has 1 aliphatic rings. The predicted molar refractivity (Wildman–Crippen MR) is 97.2 cm³/mol. The van der Waals surface area contributed by atoms with Crippen LogP contribution in [-0.2, 0) is 24.3 Å². The van der Waals surface area contributed by atoms with E-state index in [1.165, 1.54) is 18.2 Å². The Morgan fingerprint density at radius 1 is 0.938 bits per heavy atom. The molecule has 2 N–H and O–H groups in total. The third kappa shape index (κ3) is 4.42. The molecule has 2 heterocycles. The van der Waals surface area contributed by atoms with Crippen LogP contribution in [0.15, 0.2) is 35.3 Å². The molecule has 32 heavy (non-hydrogen) atoms. The normalized spacial score (nSPS) is 21.9. The Morgan fingerprint density at radius 3 is 1.94 bits per heavy atom. The minimum absolute atomic E-state index is 0.0262. The van der Waals surface area contributed by atoms with Crippen molar-refractivity contribution in [2.24, 2.45) is 10.7 Å². The zero-order chi connectivity index (χ0) is 24.1. The molecule has 2 unspecified atom stereocenters. The molecule has 0 bridgehead atoms. The van der Waals surface area contributed by atoms with E-state index < -0.39 is 53.4 Å². The van der Waals surface area contributed by atoms with E-state index in [-0.39, 0.29) is 29.3 Å². The van der Waals surface area contributed by atoms with Gasteiger partial charge in [0.2, 0.25) is 0 Å². The van der Waals surface area contributed by atoms with Gasteiger partial charge in [-0.25, -0.2) is 4.98 Å². The van der Waals surface area contributed by atoms with E-state index in [1.807, 2.05) is 0 Å². The molecule has 0 spiro atoms. The Bertz CT molecular complexity index is 1010. The smallest absolute Gasteiger partial charge is 0.326 e. The maximum absolute atomic E-state index is 14.1. The van der Waals surface area contributed by atoms with Crippen molar-refractivity contribution < 1.29 is 39.5 Å². The summed E-state index contributed by atoms with van der Waals surface area (Å²) in [6, 6.07) is 2.91. The molecule has 3 rings (SSSR count). The second kappa shape index (κ2) is 7.91. The van der Waals surface area contributed by atoms with Crippen molar-refractivity contribution in [1.82, 2.24) is 4.98 Å². The van der Waals surface area contributed by atoms with Crippen molar-refractivity contribution in [3.8, 4) is 0 Å². The summed E-state index contributed by atoms with van der Waals surface area (Å²) >= 11 is 6.02. The van der Waals surface area contributed by atoms with Crippen LogP contribution in [0.25, 0.3) is 0 Å². The zero-order valence-electron chi connectivity index (χ0n) is 15.7. The second-order valence-corrected chi connectivity index (χ2v) is 7.55. The van der Waals surface area contributed by atoms with Crippen LogP contribution >= 0.6 is 11.6 Å². The van der Waals surface area contributed by atoms with E-state index in [9.17, 15) is 39.5 Å². The van der Waals surface area contributed by atoms with E-state index in [1.54, 1.807) is 0 Å². The molecule has 3 nitrogen and oxygen atoms in total. The topological polar surface area (TPSA) is 51.3 Å². The molecule has 0 fully saturated rings. The van der Waals surface area contributed by atoms with Gasteiger partial charge in [-0.2, -0.15) is 39.5 Å². The predicted octanol–water partition coefficient (Wildman–Crippen LogP) is 6.25. The number of nitrogens with two attached hydrogens (primary N) is 1. The zero-order valence-corrected chi connectivity index (χ0v) is 16.5. The lowest BCUT2D eigenvalue weighted by molar-refractivity contribution is -0.170. The fourth-order valence-electron chi connectivity index (χ4n) is 3.39. The minimum atomic E-state index is -5.40. The quantitative estimate of drug-likeness (QED) is 0.518. The highest BCUT2D eigenvalue weighted by Crippen LogP contribution is 2.51. The number of pyridine rings is 1. The van der Waals surface area contributed by atoms with E-state index in [0.29, 0.717) is 11.8 Å². The molecule has 1 aromatic heterocycles. The second-order valence-electron chi connectivity index (χ2n) is 7.14. The highest BCUT2D eigenvalue weighted by Gasteiger charge is 2.59. The van der Waals surface area contributed by atoms with Gasteiger partial charge in [0.15, 0.2) is 0 Å². The van der Waals surface area contributed by atoms with Crippen molar-refractivity contribution in [2.75, 3.05) is 0 Å². The molecule has 1 aliphatic heterocycles. The number of hydrogen-bond acceptors (Lipinski definition) is 3. The molecular weight excluding hydrogens is 477 g/mol. The van der Waals surface area contributed by atoms with Gasteiger partial charge in [0, 0.05) is 17.8 Å².